The Kier molecular flexibility index (Phi) is 4.49. The molecule has 1 amide bonds. The minimum atomic E-state index is -0.671. The third-order valence-corrected chi connectivity index (χ3v) is 6.12. The molecule has 3 atom stereocenters. The number of ether oxygens (including phenoxy) is 2. The van der Waals surface area contributed by atoms with Crippen molar-refractivity contribution in [2.24, 2.45) is 5.92 Å². The van der Waals surface area contributed by atoms with Crippen LogP contribution < -0.4 is 0 Å². The lowest BCUT2D eigenvalue weighted by Crippen LogP contribution is -2.50. The summed E-state index contributed by atoms with van der Waals surface area (Å²) in [7, 11) is -0.228. The zero-order valence-corrected chi connectivity index (χ0v) is 17.7. The van der Waals surface area contributed by atoms with Gasteiger partial charge >= 0.3 is 13.2 Å². The second-order valence-electron chi connectivity index (χ2n) is 10.4. The summed E-state index contributed by atoms with van der Waals surface area (Å²) in [4.78, 5) is 14.6. The number of nitrogens with zero attached hydrogens (tertiary/aromatic N) is 1. The van der Waals surface area contributed by atoms with Crippen LogP contribution in [-0.4, -0.2) is 53.3 Å². The number of rotatable bonds is 2. The Hall–Kier alpha value is -0.785. The SMILES string of the molecule is CC(C)(C)OC(=O)N1[C@H]([C@H]2C[C@@H]2B2OC(C)(C)C(C)(C)O2)COC1(C)C. The molecule has 1 aliphatic carbocycles. The quantitative estimate of drug-likeness (QED) is 0.694. The molecule has 0 unspecified atom stereocenters. The molecule has 0 aromatic heterocycles. The van der Waals surface area contributed by atoms with Crippen molar-refractivity contribution in [3.63, 3.8) is 0 Å². The average molecular weight is 367 g/mol. The number of hydrogen-bond acceptors (Lipinski definition) is 5. The number of carbonyl (C=O) groups is 1. The van der Waals surface area contributed by atoms with Gasteiger partial charge in [0.1, 0.15) is 11.3 Å². The predicted molar refractivity (Wildman–Crippen MR) is 99.8 cm³/mol. The Balaban J connectivity index is 1.71. The molecule has 1 saturated carbocycles. The fourth-order valence-corrected chi connectivity index (χ4v) is 3.87. The summed E-state index contributed by atoms with van der Waals surface area (Å²) in [5.74, 6) is 0.586. The van der Waals surface area contributed by atoms with E-state index < -0.39 is 11.3 Å². The van der Waals surface area contributed by atoms with Crippen molar-refractivity contribution >= 4 is 13.2 Å². The first kappa shape index (κ1) is 20.0. The second kappa shape index (κ2) is 5.85. The third kappa shape index (κ3) is 3.50. The van der Waals surface area contributed by atoms with Gasteiger partial charge in [0, 0.05) is 0 Å². The van der Waals surface area contributed by atoms with E-state index in [1.54, 1.807) is 4.90 Å². The van der Waals surface area contributed by atoms with Crippen LogP contribution in [0, 0.1) is 5.92 Å². The molecule has 0 bridgehead atoms. The Morgan fingerprint density at radius 3 is 2.12 bits per heavy atom. The highest BCUT2D eigenvalue weighted by Crippen LogP contribution is 2.57. The zero-order chi connectivity index (χ0) is 19.7. The van der Waals surface area contributed by atoms with Crippen LogP contribution in [0.3, 0.4) is 0 Å². The molecule has 3 aliphatic rings. The van der Waals surface area contributed by atoms with Gasteiger partial charge in [-0.3, -0.25) is 4.90 Å². The van der Waals surface area contributed by atoms with Gasteiger partial charge < -0.3 is 18.8 Å². The van der Waals surface area contributed by atoms with Gasteiger partial charge in [-0.25, -0.2) is 4.79 Å². The first-order chi connectivity index (χ1) is 11.6. The lowest BCUT2D eigenvalue weighted by atomic mass is 9.79. The first-order valence-electron chi connectivity index (χ1n) is 9.66. The molecule has 3 fully saturated rings. The van der Waals surface area contributed by atoms with Gasteiger partial charge in [-0.15, -0.1) is 0 Å². The molecular weight excluding hydrogens is 333 g/mol. The average Bonchev–Trinajstić information content (AvgIpc) is 3.08. The zero-order valence-electron chi connectivity index (χ0n) is 17.7. The predicted octanol–water partition coefficient (Wildman–Crippen LogP) is 3.84. The van der Waals surface area contributed by atoms with E-state index in [9.17, 15) is 4.79 Å². The smallest absolute Gasteiger partial charge is 0.444 e. The highest BCUT2D eigenvalue weighted by Gasteiger charge is 2.64. The monoisotopic (exact) mass is 367 g/mol. The summed E-state index contributed by atoms with van der Waals surface area (Å²) in [6.07, 6.45) is 0.657. The molecule has 2 heterocycles. The number of carbonyl (C=O) groups excluding carboxylic acids is 1. The maximum atomic E-state index is 12.8. The molecule has 0 aromatic carbocycles. The van der Waals surface area contributed by atoms with Gasteiger partial charge in [0.2, 0.25) is 0 Å². The van der Waals surface area contributed by atoms with Crippen LogP contribution in [0.5, 0.6) is 0 Å². The van der Waals surface area contributed by atoms with Gasteiger partial charge in [-0.05, 0) is 80.5 Å². The van der Waals surface area contributed by atoms with E-state index in [0.29, 0.717) is 12.5 Å². The minimum Gasteiger partial charge on any atom is -0.444 e. The molecule has 2 saturated heterocycles. The molecule has 6 nitrogen and oxygen atoms in total. The van der Waals surface area contributed by atoms with Crippen LogP contribution in [0.1, 0.15) is 68.7 Å². The summed E-state index contributed by atoms with van der Waals surface area (Å²) >= 11 is 0. The fraction of sp³-hybridized carbons (Fsp3) is 0.947. The normalized spacial score (nSPS) is 34.9. The molecule has 0 N–H and O–H groups in total. The van der Waals surface area contributed by atoms with Crippen molar-refractivity contribution in [1.29, 1.82) is 0 Å². The van der Waals surface area contributed by atoms with E-state index in [4.69, 9.17) is 18.8 Å². The highest BCUT2D eigenvalue weighted by atomic mass is 16.7. The minimum absolute atomic E-state index is 0.0103. The Morgan fingerprint density at radius 2 is 1.62 bits per heavy atom. The van der Waals surface area contributed by atoms with Crippen molar-refractivity contribution < 1.29 is 23.6 Å². The van der Waals surface area contributed by atoms with Crippen LogP contribution in [0.2, 0.25) is 5.82 Å². The first-order valence-corrected chi connectivity index (χ1v) is 9.66. The van der Waals surface area contributed by atoms with Crippen LogP contribution in [0.15, 0.2) is 0 Å². The van der Waals surface area contributed by atoms with E-state index >= 15 is 0 Å². The summed E-state index contributed by atoms with van der Waals surface area (Å²) < 4.78 is 24.0. The van der Waals surface area contributed by atoms with Gasteiger partial charge in [0.25, 0.3) is 0 Å². The number of hydrogen-bond donors (Lipinski definition) is 0. The maximum absolute atomic E-state index is 12.8. The lowest BCUT2D eigenvalue weighted by Gasteiger charge is -2.35. The van der Waals surface area contributed by atoms with E-state index in [1.165, 1.54) is 0 Å². The van der Waals surface area contributed by atoms with Gasteiger partial charge in [0.05, 0.1) is 23.9 Å². The molecule has 2 aliphatic heterocycles. The summed E-state index contributed by atoms with van der Waals surface area (Å²) in [5.41, 5.74) is -1.87. The molecule has 7 heteroatoms. The van der Waals surface area contributed by atoms with Crippen LogP contribution in [0.4, 0.5) is 4.79 Å². The molecule has 26 heavy (non-hydrogen) atoms. The molecule has 148 valence electrons. The van der Waals surface area contributed by atoms with Crippen molar-refractivity contribution in [3.8, 4) is 0 Å². The van der Waals surface area contributed by atoms with Crippen molar-refractivity contribution in [2.45, 2.75) is 103 Å². The molecular formula is C19H34BNO5. The van der Waals surface area contributed by atoms with Crippen molar-refractivity contribution in [1.82, 2.24) is 4.90 Å². The molecule has 0 aromatic rings. The molecule has 0 radical (unpaired) electrons. The highest BCUT2D eigenvalue weighted by molar-refractivity contribution is 6.48. The van der Waals surface area contributed by atoms with Gasteiger partial charge in [0.15, 0.2) is 0 Å². The molecule has 3 rings (SSSR count). The third-order valence-electron chi connectivity index (χ3n) is 6.12. The van der Waals surface area contributed by atoms with Crippen molar-refractivity contribution in [3.05, 3.63) is 0 Å². The Morgan fingerprint density at radius 1 is 1.08 bits per heavy atom. The van der Waals surface area contributed by atoms with E-state index in [1.807, 2.05) is 34.6 Å². The summed E-state index contributed by atoms with van der Waals surface area (Å²) in [6.45, 7) is 18.3. The Labute approximate surface area is 158 Å². The second-order valence-corrected chi connectivity index (χ2v) is 10.4. The van der Waals surface area contributed by atoms with Crippen LogP contribution in [-0.2, 0) is 18.8 Å². The van der Waals surface area contributed by atoms with Crippen molar-refractivity contribution in [2.75, 3.05) is 6.61 Å². The van der Waals surface area contributed by atoms with Gasteiger partial charge in [-0.2, -0.15) is 0 Å². The maximum Gasteiger partial charge on any atom is 0.461 e. The Bertz CT molecular complexity index is 567. The van der Waals surface area contributed by atoms with E-state index in [2.05, 4.69) is 27.7 Å². The summed E-state index contributed by atoms with van der Waals surface area (Å²) in [6, 6.07) is -0.0103. The van der Waals surface area contributed by atoms with Crippen LogP contribution in [0.25, 0.3) is 0 Å². The largest absolute Gasteiger partial charge is 0.461 e. The topological polar surface area (TPSA) is 57.2 Å². The summed E-state index contributed by atoms with van der Waals surface area (Å²) in [5, 5.41) is 0. The van der Waals surface area contributed by atoms with Gasteiger partial charge in [-0.1, -0.05) is 0 Å². The molecule has 0 spiro atoms. The fourth-order valence-electron chi connectivity index (χ4n) is 3.87. The number of amides is 1. The van der Waals surface area contributed by atoms with E-state index in [-0.39, 0.29) is 36.3 Å². The standard InChI is InChI=1S/C19H34BNO5/c1-16(2,3)24-15(22)21-14(11-23-19(21,8)9)12-10-13(12)20-25-17(4,5)18(6,7)26-20/h12-14H,10-11H2,1-9H3/t12-,13-,14-/m0/s1. The van der Waals surface area contributed by atoms with Crippen LogP contribution >= 0.6 is 0 Å². The lowest BCUT2D eigenvalue weighted by molar-refractivity contribution is -0.0631. The van der Waals surface area contributed by atoms with E-state index in [0.717, 1.165) is 6.42 Å².